The van der Waals surface area contributed by atoms with Gasteiger partial charge in [0.15, 0.2) is 0 Å². The minimum absolute atomic E-state index is 0.154. The molecule has 26 heavy (non-hydrogen) atoms. The van der Waals surface area contributed by atoms with Gasteiger partial charge in [0.05, 0.1) is 13.7 Å². The van der Waals surface area contributed by atoms with E-state index in [9.17, 15) is 18.0 Å². The molecule has 0 fully saturated rings. The summed E-state index contributed by atoms with van der Waals surface area (Å²) in [7, 11) is 1.60. The van der Waals surface area contributed by atoms with Crippen LogP contribution in [0.15, 0.2) is 48.5 Å². The van der Waals surface area contributed by atoms with E-state index in [1.165, 1.54) is 0 Å². The van der Waals surface area contributed by atoms with Gasteiger partial charge in [-0.05, 0) is 41.8 Å². The van der Waals surface area contributed by atoms with E-state index in [-0.39, 0.29) is 12.5 Å². The number of amides is 1. The number of halogens is 3. The lowest BCUT2D eigenvalue weighted by Gasteiger charge is -2.09. The van der Waals surface area contributed by atoms with E-state index in [2.05, 4.69) is 10.1 Å². The fourth-order valence-corrected chi connectivity index (χ4v) is 2.25. The molecule has 0 unspecified atom stereocenters. The Hall–Kier alpha value is -2.54. The minimum Gasteiger partial charge on any atom is -0.497 e. The van der Waals surface area contributed by atoms with Crippen LogP contribution in [-0.2, 0) is 17.8 Å². The molecule has 0 aliphatic heterocycles. The van der Waals surface area contributed by atoms with Gasteiger partial charge in [-0.25, -0.2) is 0 Å². The number of hydrogen-bond acceptors (Lipinski definition) is 3. The highest BCUT2D eigenvalue weighted by Gasteiger charge is 2.27. The number of nitrogens with one attached hydrogen (secondary N) is 1. The molecule has 0 heterocycles. The highest BCUT2D eigenvalue weighted by Crippen LogP contribution is 2.16. The molecule has 2 aromatic carbocycles. The molecule has 140 valence electrons. The molecule has 0 bridgehead atoms. The van der Waals surface area contributed by atoms with Crippen molar-refractivity contribution in [2.45, 2.75) is 19.2 Å². The molecule has 0 atom stereocenters. The van der Waals surface area contributed by atoms with E-state index in [0.717, 1.165) is 11.3 Å². The molecule has 0 saturated carbocycles. The van der Waals surface area contributed by atoms with Gasteiger partial charge >= 0.3 is 6.18 Å². The second-order valence-electron chi connectivity index (χ2n) is 5.66. The fourth-order valence-electron chi connectivity index (χ4n) is 2.25. The lowest BCUT2D eigenvalue weighted by molar-refractivity contribution is -0.176. The monoisotopic (exact) mass is 367 g/mol. The van der Waals surface area contributed by atoms with Crippen LogP contribution in [0, 0.1) is 0 Å². The van der Waals surface area contributed by atoms with Crippen molar-refractivity contribution in [3.05, 3.63) is 65.2 Å². The molecule has 0 radical (unpaired) electrons. The largest absolute Gasteiger partial charge is 0.497 e. The molecule has 1 N–H and O–H groups in total. The Balaban J connectivity index is 1.76. The highest BCUT2D eigenvalue weighted by atomic mass is 19.4. The SMILES string of the molecule is COc1ccc(CCNC(=O)c2ccc(COCC(F)(F)F)cc2)cc1. The number of carbonyl (C=O) groups excluding carboxylic acids is 1. The van der Waals surface area contributed by atoms with Crippen LogP contribution in [0.25, 0.3) is 0 Å². The normalized spacial score (nSPS) is 11.2. The van der Waals surface area contributed by atoms with Crippen LogP contribution in [0.5, 0.6) is 5.75 Å². The molecular weight excluding hydrogens is 347 g/mol. The summed E-state index contributed by atoms with van der Waals surface area (Å²) in [5.74, 6) is 0.540. The van der Waals surface area contributed by atoms with Gasteiger partial charge in [-0.15, -0.1) is 0 Å². The van der Waals surface area contributed by atoms with Crippen LogP contribution < -0.4 is 10.1 Å². The summed E-state index contributed by atoms with van der Waals surface area (Å²) < 4.78 is 45.7. The van der Waals surface area contributed by atoms with Crippen molar-refractivity contribution in [2.24, 2.45) is 0 Å². The molecule has 0 spiro atoms. The second kappa shape index (κ2) is 9.24. The van der Waals surface area contributed by atoms with Gasteiger partial charge < -0.3 is 14.8 Å². The van der Waals surface area contributed by atoms with Crippen molar-refractivity contribution in [3.8, 4) is 5.75 Å². The van der Waals surface area contributed by atoms with E-state index >= 15 is 0 Å². The van der Waals surface area contributed by atoms with Gasteiger partial charge in [0.2, 0.25) is 0 Å². The third kappa shape index (κ3) is 6.76. The maximum atomic E-state index is 12.1. The zero-order chi connectivity index (χ0) is 19.0. The number of rotatable bonds is 8. The van der Waals surface area contributed by atoms with Gasteiger partial charge in [0.25, 0.3) is 5.91 Å². The molecule has 2 rings (SSSR count). The fraction of sp³-hybridized carbons (Fsp3) is 0.316. The summed E-state index contributed by atoms with van der Waals surface area (Å²) in [6.07, 6.45) is -3.66. The lowest BCUT2D eigenvalue weighted by atomic mass is 10.1. The number of alkyl halides is 3. The standard InChI is InChI=1S/C19H20F3NO3/c1-25-17-8-4-14(5-9-17)10-11-23-18(24)16-6-2-15(3-7-16)12-26-13-19(20,21)22/h2-9H,10-13H2,1H3,(H,23,24). The Labute approximate surface area is 149 Å². The molecule has 0 aromatic heterocycles. The summed E-state index contributed by atoms with van der Waals surface area (Å²) in [5.41, 5.74) is 2.09. The number of benzene rings is 2. The molecule has 2 aromatic rings. The predicted octanol–water partition coefficient (Wildman–Crippen LogP) is 3.75. The van der Waals surface area contributed by atoms with Crippen molar-refractivity contribution >= 4 is 5.91 Å². The summed E-state index contributed by atoms with van der Waals surface area (Å²) in [6, 6.07) is 13.9. The molecular formula is C19H20F3NO3. The molecule has 4 nitrogen and oxygen atoms in total. The first-order valence-corrected chi connectivity index (χ1v) is 8.02. The molecule has 7 heteroatoms. The number of ether oxygens (including phenoxy) is 2. The van der Waals surface area contributed by atoms with Gasteiger partial charge in [0, 0.05) is 12.1 Å². The molecule has 1 amide bonds. The van der Waals surface area contributed by atoms with Crippen LogP contribution in [0.1, 0.15) is 21.5 Å². The first-order valence-electron chi connectivity index (χ1n) is 8.02. The quantitative estimate of drug-likeness (QED) is 0.773. The Morgan fingerprint density at radius 2 is 1.62 bits per heavy atom. The summed E-state index contributed by atoms with van der Waals surface area (Å²) >= 11 is 0. The zero-order valence-electron chi connectivity index (χ0n) is 14.3. The van der Waals surface area contributed by atoms with Crippen molar-refractivity contribution in [3.63, 3.8) is 0 Å². The van der Waals surface area contributed by atoms with E-state index in [0.29, 0.717) is 24.1 Å². The van der Waals surface area contributed by atoms with E-state index in [4.69, 9.17) is 4.74 Å². The first kappa shape index (κ1) is 19.8. The Morgan fingerprint density at radius 3 is 2.19 bits per heavy atom. The van der Waals surface area contributed by atoms with Crippen molar-refractivity contribution in [1.82, 2.24) is 5.32 Å². The van der Waals surface area contributed by atoms with Crippen molar-refractivity contribution < 1.29 is 27.4 Å². The van der Waals surface area contributed by atoms with Crippen molar-refractivity contribution in [1.29, 1.82) is 0 Å². The third-order valence-electron chi connectivity index (χ3n) is 3.61. The number of methoxy groups -OCH3 is 1. The van der Waals surface area contributed by atoms with Gasteiger partial charge in [-0.1, -0.05) is 24.3 Å². The van der Waals surface area contributed by atoms with Crippen molar-refractivity contribution in [2.75, 3.05) is 20.3 Å². The summed E-state index contributed by atoms with van der Waals surface area (Å²) in [4.78, 5) is 12.1. The smallest absolute Gasteiger partial charge is 0.411 e. The Bertz CT molecular complexity index is 697. The van der Waals surface area contributed by atoms with Gasteiger partial charge in [0.1, 0.15) is 12.4 Å². The van der Waals surface area contributed by atoms with Crippen LogP contribution in [0.4, 0.5) is 13.2 Å². The first-order chi connectivity index (χ1) is 12.4. The van der Waals surface area contributed by atoms with E-state index in [1.807, 2.05) is 24.3 Å². The average Bonchev–Trinajstić information content (AvgIpc) is 2.62. The third-order valence-corrected chi connectivity index (χ3v) is 3.61. The highest BCUT2D eigenvalue weighted by molar-refractivity contribution is 5.94. The van der Waals surface area contributed by atoms with Crippen LogP contribution in [-0.4, -0.2) is 32.3 Å². The Kier molecular flexibility index (Phi) is 7.03. The molecule has 0 saturated heterocycles. The predicted molar refractivity (Wildman–Crippen MR) is 91.2 cm³/mol. The number of hydrogen-bond donors (Lipinski definition) is 1. The maximum Gasteiger partial charge on any atom is 0.411 e. The maximum absolute atomic E-state index is 12.1. The minimum atomic E-state index is -4.34. The van der Waals surface area contributed by atoms with Crippen LogP contribution in [0.2, 0.25) is 0 Å². The number of carbonyl (C=O) groups is 1. The van der Waals surface area contributed by atoms with Crippen LogP contribution in [0.3, 0.4) is 0 Å². The van der Waals surface area contributed by atoms with Crippen LogP contribution >= 0.6 is 0 Å². The topological polar surface area (TPSA) is 47.6 Å². The zero-order valence-corrected chi connectivity index (χ0v) is 14.3. The second-order valence-corrected chi connectivity index (χ2v) is 5.66. The molecule has 0 aliphatic carbocycles. The lowest BCUT2D eigenvalue weighted by Crippen LogP contribution is -2.25. The van der Waals surface area contributed by atoms with E-state index in [1.54, 1.807) is 31.4 Å². The summed E-state index contributed by atoms with van der Waals surface area (Å²) in [5, 5.41) is 2.81. The molecule has 0 aliphatic rings. The van der Waals surface area contributed by atoms with Gasteiger partial charge in [-0.3, -0.25) is 4.79 Å². The summed E-state index contributed by atoms with van der Waals surface area (Å²) in [6.45, 7) is -0.971. The average molecular weight is 367 g/mol. The van der Waals surface area contributed by atoms with E-state index < -0.39 is 12.8 Å². The van der Waals surface area contributed by atoms with Gasteiger partial charge in [-0.2, -0.15) is 13.2 Å². The Morgan fingerprint density at radius 1 is 1.00 bits per heavy atom.